The highest BCUT2D eigenvalue weighted by Crippen LogP contribution is 2.35. The fourth-order valence-corrected chi connectivity index (χ4v) is 3.58. The second-order valence-electron chi connectivity index (χ2n) is 5.94. The third-order valence-electron chi connectivity index (χ3n) is 4.64. The maximum absolute atomic E-state index is 6.22. The summed E-state index contributed by atoms with van der Waals surface area (Å²) in [5, 5.41) is 3.18. The molecule has 2 saturated heterocycles. The van der Waals surface area contributed by atoms with Crippen LogP contribution in [0.1, 0.15) is 31.2 Å². The highest BCUT2D eigenvalue weighted by molar-refractivity contribution is 5.28. The molecule has 2 heterocycles. The summed E-state index contributed by atoms with van der Waals surface area (Å²) in [6, 6.07) is 9.96. The topological polar surface area (TPSA) is 24.5 Å². The van der Waals surface area contributed by atoms with Crippen LogP contribution in [-0.4, -0.2) is 37.2 Å². The molecule has 2 aliphatic rings. The van der Waals surface area contributed by atoms with Crippen molar-refractivity contribution >= 4 is 0 Å². The summed E-state index contributed by atoms with van der Waals surface area (Å²) >= 11 is 0. The number of rotatable bonds is 4. The van der Waals surface area contributed by atoms with E-state index in [9.17, 15) is 0 Å². The van der Waals surface area contributed by atoms with E-state index in [-0.39, 0.29) is 0 Å². The Morgan fingerprint density at radius 3 is 2.68 bits per heavy atom. The zero-order chi connectivity index (χ0) is 13.2. The van der Waals surface area contributed by atoms with E-state index in [0.717, 1.165) is 24.4 Å². The Morgan fingerprint density at radius 2 is 2.00 bits per heavy atom. The predicted octanol–water partition coefficient (Wildman–Crippen LogP) is 2.41. The van der Waals surface area contributed by atoms with Crippen molar-refractivity contribution in [1.29, 1.82) is 0 Å². The molecule has 3 nitrogen and oxygen atoms in total. The van der Waals surface area contributed by atoms with Gasteiger partial charge in [0.1, 0.15) is 11.9 Å². The van der Waals surface area contributed by atoms with Crippen LogP contribution in [0.15, 0.2) is 24.3 Å². The van der Waals surface area contributed by atoms with Crippen LogP contribution in [-0.2, 0) is 6.54 Å². The van der Waals surface area contributed by atoms with E-state index in [0.29, 0.717) is 6.10 Å². The number of benzene rings is 1. The van der Waals surface area contributed by atoms with E-state index in [1.54, 1.807) is 0 Å². The van der Waals surface area contributed by atoms with Gasteiger partial charge in [0.05, 0.1) is 0 Å². The lowest BCUT2D eigenvalue weighted by Crippen LogP contribution is -2.43. The van der Waals surface area contributed by atoms with E-state index in [4.69, 9.17) is 4.74 Å². The van der Waals surface area contributed by atoms with Gasteiger partial charge in [-0.2, -0.15) is 0 Å². The molecule has 0 unspecified atom stereocenters. The maximum Gasteiger partial charge on any atom is 0.120 e. The van der Waals surface area contributed by atoms with Crippen molar-refractivity contribution in [3.8, 4) is 5.75 Å². The molecule has 1 aromatic rings. The highest BCUT2D eigenvalue weighted by Gasteiger charge is 2.39. The van der Waals surface area contributed by atoms with Gasteiger partial charge in [-0.25, -0.2) is 0 Å². The summed E-state index contributed by atoms with van der Waals surface area (Å²) in [5.41, 5.74) is 1.29. The molecule has 3 rings (SSSR count). The summed E-state index contributed by atoms with van der Waals surface area (Å²) in [7, 11) is 4.24. The van der Waals surface area contributed by atoms with Gasteiger partial charge in [-0.15, -0.1) is 0 Å². The molecule has 3 atom stereocenters. The molecular weight excluding hydrogens is 236 g/mol. The van der Waals surface area contributed by atoms with Crippen molar-refractivity contribution in [3.05, 3.63) is 29.8 Å². The quantitative estimate of drug-likeness (QED) is 0.900. The van der Waals surface area contributed by atoms with E-state index in [2.05, 4.69) is 41.5 Å². The molecule has 0 aromatic heterocycles. The van der Waals surface area contributed by atoms with Crippen LogP contribution < -0.4 is 10.1 Å². The third kappa shape index (κ3) is 2.77. The largest absolute Gasteiger partial charge is 0.490 e. The summed E-state index contributed by atoms with van der Waals surface area (Å²) in [5.74, 6) is 1.03. The molecule has 2 fully saturated rings. The van der Waals surface area contributed by atoms with Crippen molar-refractivity contribution in [2.75, 3.05) is 14.1 Å². The number of hydrogen-bond acceptors (Lipinski definition) is 3. The number of nitrogens with one attached hydrogen (secondary N) is 1. The minimum absolute atomic E-state index is 0.401. The van der Waals surface area contributed by atoms with Gasteiger partial charge in [0, 0.05) is 18.6 Å². The van der Waals surface area contributed by atoms with Crippen molar-refractivity contribution in [2.45, 2.75) is 50.4 Å². The second-order valence-corrected chi connectivity index (χ2v) is 5.94. The number of hydrogen-bond donors (Lipinski definition) is 1. The Bertz CT molecular complexity index is 421. The van der Waals surface area contributed by atoms with Crippen LogP contribution in [0.4, 0.5) is 0 Å². The first kappa shape index (κ1) is 12.9. The van der Waals surface area contributed by atoms with Crippen LogP contribution in [0.25, 0.3) is 0 Å². The van der Waals surface area contributed by atoms with Crippen LogP contribution in [0, 0.1) is 0 Å². The SMILES string of the molecule is CNCc1cccc(O[C@H]2C[C@H]3CC[C@@H](C2)N3C)c1. The minimum Gasteiger partial charge on any atom is -0.490 e. The molecule has 0 aliphatic carbocycles. The lowest BCUT2D eigenvalue weighted by Gasteiger charge is -2.36. The van der Waals surface area contributed by atoms with E-state index in [1.807, 2.05) is 7.05 Å². The Balaban J connectivity index is 1.64. The lowest BCUT2D eigenvalue weighted by atomic mass is 10.0. The monoisotopic (exact) mass is 260 g/mol. The molecule has 0 spiro atoms. The van der Waals surface area contributed by atoms with Crippen molar-refractivity contribution < 1.29 is 4.74 Å². The second kappa shape index (κ2) is 5.51. The van der Waals surface area contributed by atoms with Gasteiger partial charge in [-0.3, -0.25) is 0 Å². The average molecular weight is 260 g/mol. The molecule has 0 radical (unpaired) electrons. The molecule has 19 heavy (non-hydrogen) atoms. The van der Waals surface area contributed by atoms with Crippen LogP contribution in [0.5, 0.6) is 5.75 Å². The lowest BCUT2D eigenvalue weighted by molar-refractivity contribution is 0.0661. The van der Waals surface area contributed by atoms with Gasteiger partial charge in [-0.05, 0) is 57.5 Å². The van der Waals surface area contributed by atoms with Crippen molar-refractivity contribution in [3.63, 3.8) is 0 Å². The number of fused-ring (bicyclic) bond motifs is 2. The first-order chi connectivity index (χ1) is 9.26. The first-order valence-electron chi connectivity index (χ1n) is 7.38. The number of nitrogens with zero attached hydrogens (tertiary/aromatic N) is 1. The molecule has 2 aliphatic heterocycles. The third-order valence-corrected chi connectivity index (χ3v) is 4.64. The summed E-state index contributed by atoms with van der Waals surface area (Å²) < 4.78 is 6.22. The average Bonchev–Trinajstić information content (AvgIpc) is 2.63. The molecule has 3 heteroatoms. The van der Waals surface area contributed by atoms with Gasteiger partial charge in [0.15, 0.2) is 0 Å². The Hall–Kier alpha value is -1.06. The molecule has 104 valence electrons. The molecular formula is C16H24N2O. The molecule has 0 amide bonds. The number of piperidine rings is 1. The predicted molar refractivity (Wildman–Crippen MR) is 77.4 cm³/mol. The van der Waals surface area contributed by atoms with E-state index in [1.165, 1.54) is 31.2 Å². The molecule has 2 bridgehead atoms. The molecule has 1 aromatic carbocycles. The van der Waals surface area contributed by atoms with Crippen LogP contribution in [0.3, 0.4) is 0 Å². The van der Waals surface area contributed by atoms with Gasteiger partial charge < -0.3 is 15.0 Å². The Labute approximate surface area is 115 Å². The summed E-state index contributed by atoms with van der Waals surface area (Å²) in [4.78, 5) is 2.55. The zero-order valence-electron chi connectivity index (χ0n) is 11.9. The first-order valence-corrected chi connectivity index (χ1v) is 7.38. The van der Waals surface area contributed by atoms with Crippen LogP contribution >= 0.6 is 0 Å². The van der Waals surface area contributed by atoms with Gasteiger partial charge in [0.2, 0.25) is 0 Å². The standard InChI is InChI=1S/C16H24N2O/c1-17-11-12-4-3-5-15(8-12)19-16-9-13-6-7-14(10-16)18(13)2/h3-5,8,13-14,16-17H,6-7,9-11H2,1-2H3/t13-,14+,16+. The normalized spacial score (nSPS) is 30.5. The summed E-state index contributed by atoms with van der Waals surface area (Å²) in [6.45, 7) is 0.899. The smallest absolute Gasteiger partial charge is 0.120 e. The maximum atomic E-state index is 6.22. The Morgan fingerprint density at radius 1 is 1.26 bits per heavy atom. The van der Waals surface area contributed by atoms with Crippen molar-refractivity contribution in [2.24, 2.45) is 0 Å². The van der Waals surface area contributed by atoms with E-state index >= 15 is 0 Å². The van der Waals surface area contributed by atoms with Gasteiger partial charge >= 0.3 is 0 Å². The Kier molecular flexibility index (Phi) is 3.76. The summed E-state index contributed by atoms with van der Waals surface area (Å²) in [6.07, 6.45) is 5.47. The fourth-order valence-electron chi connectivity index (χ4n) is 3.58. The zero-order valence-corrected chi connectivity index (χ0v) is 11.9. The molecule has 1 N–H and O–H groups in total. The minimum atomic E-state index is 0.401. The van der Waals surface area contributed by atoms with E-state index < -0.39 is 0 Å². The van der Waals surface area contributed by atoms with Crippen molar-refractivity contribution in [1.82, 2.24) is 10.2 Å². The fraction of sp³-hybridized carbons (Fsp3) is 0.625. The van der Waals surface area contributed by atoms with Crippen LogP contribution in [0.2, 0.25) is 0 Å². The van der Waals surface area contributed by atoms with Gasteiger partial charge in [-0.1, -0.05) is 12.1 Å². The van der Waals surface area contributed by atoms with Gasteiger partial charge in [0.25, 0.3) is 0 Å². The highest BCUT2D eigenvalue weighted by atomic mass is 16.5. The number of ether oxygens (including phenoxy) is 1. The molecule has 0 saturated carbocycles.